The minimum atomic E-state index is -0.822. The lowest BCUT2D eigenvalue weighted by Gasteiger charge is -2.48. The van der Waals surface area contributed by atoms with E-state index in [9.17, 15) is 23.2 Å². The molecule has 194 valence electrons. The van der Waals surface area contributed by atoms with E-state index in [1.807, 2.05) is 12.1 Å². The number of rotatable bonds is 5. The highest BCUT2D eigenvalue weighted by Crippen LogP contribution is 2.37. The molecular formula is C28H29F2N3O4. The van der Waals surface area contributed by atoms with Crippen LogP contribution in [0.1, 0.15) is 65.9 Å². The van der Waals surface area contributed by atoms with Crippen LogP contribution >= 0.6 is 0 Å². The molecule has 3 amide bonds. The van der Waals surface area contributed by atoms with Gasteiger partial charge in [-0.2, -0.15) is 0 Å². The number of fused-ring (bicyclic) bond motifs is 1. The number of carbonyl (C=O) groups is 3. The molecule has 2 aromatic rings. The van der Waals surface area contributed by atoms with Crippen molar-refractivity contribution >= 4 is 17.7 Å². The van der Waals surface area contributed by atoms with Gasteiger partial charge in [-0.1, -0.05) is 12.5 Å². The number of benzene rings is 2. The Hall–Kier alpha value is -3.33. The van der Waals surface area contributed by atoms with E-state index in [0.29, 0.717) is 24.3 Å². The van der Waals surface area contributed by atoms with Crippen molar-refractivity contribution in [3.63, 3.8) is 0 Å². The quantitative estimate of drug-likeness (QED) is 0.625. The summed E-state index contributed by atoms with van der Waals surface area (Å²) in [5.41, 5.74) is 2.21. The molecule has 37 heavy (non-hydrogen) atoms. The van der Waals surface area contributed by atoms with E-state index in [1.54, 1.807) is 12.1 Å². The fraction of sp³-hybridized carbons (Fsp3) is 0.464. The average molecular weight is 510 g/mol. The van der Waals surface area contributed by atoms with Gasteiger partial charge in [0.25, 0.3) is 5.91 Å². The maximum Gasteiger partial charge on any atom is 0.255 e. The number of likely N-dealkylation sites (tertiary alicyclic amines) is 1. The van der Waals surface area contributed by atoms with Crippen molar-refractivity contribution in [1.29, 1.82) is 0 Å². The van der Waals surface area contributed by atoms with Crippen molar-refractivity contribution in [2.24, 2.45) is 0 Å². The van der Waals surface area contributed by atoms with Crippen LogP contribution in [0, 0.1) is 11.6 Å². The molecule has 1 saturated carbocycles. The monoisotopic (exact) mass is 509 g/mol. The molecule has 1 N–H and O–H groups in total. The first-order chi connectivity index (χ1) is 17.9. The number of imide groups is 1. The zero-order valence-electron chi connectivity index (χ0n) is 20.4. The number of carbonyl (C=O) groups excluding carboxylic acids is 3. The Morgan fingerprint density at radius 2 is 1.73 bits per heavy atom. The van der Waals surface area contributed by atoms with Gasteiger partial charge >= 0.3 is 0 Å². The summed E-state index contributed by atoms with van der Waals surface area (Å²) in [7, 11) is 0. The van der Waals surface area contributed by atoms with Crippen molar-refractivity contribution in [2.75, 3.05) is 13.1 Å². The molecule has 6 rings (SSSR count). The van der Waals surface area contributed by atoms with E-state index in [1.165, 1.54) is 17.0 Å². The minimum absolute atomic E-state index is 0.000969. The number of ether oxygens (including phenoxy) is 1. The average Bonchev–Trinajstić information content (AvgIpc) is 3.17. The maximum absolute atomic E-state index is 13.7. The van der Waals surface area contributed by atoms with Gasteiger partial charge < -0.3 is 9.64 Å². The molecular weight excluding hydrogens is 480 g/mol. The van der Waals surface area contributed by atoms with Crippen molar-refractivity contribution in [3.05, 3.63) is 64.7 Å². The predicted octanol–water partition coefficient (Wildman–Crippen LogP) is 3.52. The molecule has 0 spiro atoms. The summed E-state index contributed by atoms with van der Waals surface area (Å²) in [5.74, 6) is -1.67. The first-order valence-electron chi connectivity index (χ1n) is 13.0. The molecule has 1 unspecified atom stereocenters. The predicted molar refractivity (Wildman–Crippen MR) is 130 cm³/mol. The molecule has 7 nitrogen and oxygen atoms in total. The van der Waals surface area contributed by atoms with E-state index in [4.69, 9.17) is 4.74 Å². The molecule has 2 saturated heterocycles. The second-order valence-corrected chi connectivity index (χ2v) is 10.6. The van der Waals surface area contributed by atoms with Crippen LogP contribution in [0.4, 0.5) is 8.78 Å². The summed E-state index contributed by atoms with van der Waals surface area (Å²) >= 11 is 0. The molecule has 2 aromatic carbocycles. The SMILES string of the molecule is O=C1CCC(N2Cc3cc(O[C@H]4CCCC[C@@H]4N4CC(c5ccc(F)c(F)c5)C4)ccc3C2=O)C(=O)N1. The number of hydrogen-bond acceptors (Lipinski definition) is 5. The normalized spacial score (nSPS) is 26.6. The van der Waals surface area contributed by atoms with E-state index < -0.39 is 23.6 Å². The van der Waals surface area contributed by atoms with Crippen LogP contribution in [0.2, 0.25) is 0 Å². The summed E-state index contributed by atoms with van der Waals surface area (Å²) < 4.78 is 33.5. The third-order valence-electron chi connectivity index (χ3n) is 8.24. The van der Waals surface area contributed by atoms with Gasteiger partial charge in [0.05, 0.1) is 0 Å². The molecule has 3 atom stereocenters. The van der Waals surface area contributed by atoms with Crippen LogP contribution in [-0.2, 0) is 16.1 Å². The number of hydrogen-bond donors (Lipinski definition) is 1. The van der Waals surface area contributed by atoms with Crippen LogP contribution in [0.5, 0.6) is 5.75 Å². The molecule has 4 aliphatic rings. The van der Waals surface area contributed by atoms with E-state index in [-0.39, 0.29) is 36.3 Å². The van der Waals surface area contributed by atoms with Crippen LogP contribution in [-0.4, -0.2) is 58.8 Å². The molecule has 3 aliphatic heterocycles. The van der Waals surface area contributed by atoms with E-state index in [2.05, 4.69) is 10.2 Å². The van der Waals surface area contributed by atoms with Crippen molar-refractivity contribution < 1.29 is 27.9 Å². The van der Waals surface area contributed by atoms with Gasteiger partial charge in [-0.15, -0.1) is 0 Å². The summed E-state index contributed by atoms with van der Waals surface area (Å²) in [5, 5.41) is 2.33. The fourth-order valence-corrected chi connectivity index (χ4v) is 6.19. The second-order valence-electron chi connectivity index (χ2n) is 10.6. The van der Waals surface area contributed by atoms with Crippen LogP contribution in [0.25, 0.3) is 0 Å². The zero-order chi connectivity index (χ0) is 25.7. The van der Waals surface area contributed by atoms with Gasteiger partial charge in [-0.3, -0.25) is 24.6 Å². The van der Waals surface area contributed by atoms with Gasteiger partial charge in [-0.25, -0.2) is 8.78 Å². The van der Waals surface area contributed by atoms with Gasteiger partial charge in [0, 0.05) is 43.6 Å². The van der Waals surface area contributed by atoms with Gasteiger partial charge in [0.1, 0.15) is 17.9 Å². The van der Waals surface area contributed by atoms with Crippen molar-refractivity contribution in [1.82, 2.24) is 15.1 Å². The van der Waals surface area contributed by atoms with Crippen molar-refractivity contribution in [3.8, 4) is 5.75 Å². The van der Waals surface area contributed by atoms with Crippen LogP contribution in [0.3, 0.4) is 0 Å². The summed E-state index contributed by atoms with van der Waals surface area (Å²) in [6.07, 6.45) is 4.70. The Kier molecular flexibility index (Phi) is 6.18. The Morgan fingerprint density at radius 1 is 0.919 bits per heavy atom. The number of nitrogens with one attached hydrogen (secondary N) is 1. The molecule has 3 fully saturated rings. The summed E-state index contributed by atoms with van der Waals surface area (Å²) in [6.45, 7) is 1.89. The molecule has 3 heterocycles. The maximum atomic E-state index is 13.7. The molecule has 0 bridgehead atoms. The lowest BCUT2D eigenvalue weighted by molar-refractivity contribution is -0.136. The third-order valence-corrected chi connectivity index (χ3v) is 8.24. The number of nitrogens with zero attached hydrogens (tertiary/aromatic N) is 2. The highest BCUT2D eigenvalue weighted by Gasteiger charge is 2.41. The lowest BCUT2D eigenvalue weighted by atomic mass is 9.84. The van der Waals surface area contributed by atoms with E-state index >= 15 is 0 Å². The Morgan fingerprint density at radius 3 is 2.51 bits per heavy atom. The number of halogens is 2. The molecule has 9 heteroatoms. The summed E-state index contributed by atoms with van der Waals surface area (Å²) in [4.78, 5) is 40.7. The van der Waals surface area contributed by atoms with Gasteiger partial charge in [0.15, 0.2) is 11.6 Å². The highest BCUT2D eigenvalue weighted by atomic mass is 19.2. The molecule has 0 aromatic heterocycles. The Balaban J connectivity index is 1.11. The van der Waals surface area contributed by atoms with Crippen molar-refractivity contribution in [2.45, 2.75) is 69.2 Å². The standard InChI is InChI=1S/C28H29F2N3O4/c29-21-8-5-16(12-22(21)30)18-13-32(14-18)23-3-1-2-4-25(23)37-19-6-7-20-17(11-19)15-33(28(20)36)24-9-10-26(34)31-27(24)35/h5-8,11-12,18,23-25H,1-4,9-10,13-15H2,(H,31,34,35)/t23-,24?,25-/m0/s1. The second kappa shape index (κ2) is 9.52. The topological polar surface area (TPSA) is 79.0 Å². The third kappa shape index (κ3) is 4.50. The fourth-order valence-electron chi connectivity index (χ4n) is 6.19. The largest absolute Gasteiger partial charge is 0.489 e. The molecule has 1 aliphatic carbocycles. The smallest absolute Gasteiger partial charge is 0.255 e. The Bertz CT molecular complexity index is 1260. The zero-order valence-corrected chi connectivity index (χ0v) is 20.4. The van der Waals surface area contributed by atoms with E-state index in [0.717, 1.165) is 49.9 Å². The van der Waals surface area contributed by atoms with Gasteiger partial charge in [0.2, 0.25) is 11.8 Å². The number of amides is 3. The highest BCUT2D eigenvalue weighted by molar-refractivity contribution is 6.05. The first kappa shape index (κ1) is 24.0. The van der Waals surface area contributed by atoms with Gasteiger partial charge in [-0.05, 0) is 67.1 Å². The lowest BCUT2D eigenvalue weighted by Crippen LogP contribution is -2.57. The first-order valence-corrected chi connectivity index (χ1v) is 13.0. The minimum Gasteiger partial charge on any atom is -0.489 e. The van der Waals surface area contributed by atoms with Crippen LogP contribution in [0.15, 0.2) is 36.4 Å². The molecule has 0 radical (unpaired) electrons. The summed E-state index contributed by atoms with van der Waals surface area (Å²) in [6, 6.07) is 9.24. The van der Waals surface area contributed by atoms with Crippen LogP contribution < -0.4 is 10.1 Å². The Labute approximate surface area is 213 Å². The number of piperidine rings is 1.